The molecular weight excluding hydrogens is 359 g/mol. The van der Waals surface area contributed by atoms with Crippen molar-refractivity contribution in [3.8, 4) is 0 Å². The van der Waals surface area contributed by atoms with Crippen LogP contribution in [0.1, 0.15) is 11.1 Å². The van der Waals surface area contributed by atoms with Gasteiger partial charge in [-0.05, 0) is 35.4 Å². The molecule has 25 heavy (non-hydrogen) atoms. The molecule has 1 heterocycles. The maximum atomic E-state index is 14.0. The van der Waals surface area contributed by atoms with E-state index < -0.39 is 38.3 Å². The summed E-state index contributed by atoms with van der Waals surface area (Å²) in [5, 5.41) is 4.78. The molecule has 0 radical (unpaired) electrons. The van der Waals surface area contributed by atoms with E-state index in [9.17, 15) is 26.4 Å². The molecule has 0 saturated carbocycles. The molecule has 130 valence electrons. The largest absolute Gasteiger partial charge is 0.457 e. The van der Waals surface area contributed by atoms with Crippen LogP contribution >= 0.6 is 0 Å². The molecule has 0 atom stereocenters. The molecule has 0 fully saturated rings. The molecule has 3 rings (SSSR count). The van der Waals surface area contributed by atoms with E-state index in [2.05, 4.69) is 0 Å². The van der Waals surface area contributed by atoms with Gasteiger partial charge in [0, 0.05) is 5.57 Å². The Morgan fingerprint density at radius 2 is 1.64 bits per heavy atom. The summed E-state index contributed by atoms with van der Waals surface area (Å²) in [4.78, 5) is 10.7. The van der Waals surface area contributed by atoms with Gasteiger partial charge in [-0.3, -0.25) is 0 Å². The van der Waals surface area contributed by atoms with Crippen molar-refractivity contribution in [1.29, 1.82) is 0 Å². The second-order valence-corrected chi connectivity index (χ2v) is 6.75. The third-order valence-electron chi connectivity index (χ3n) is 3.60. The first-order chi connectivity index (χ1) is 11.7. The highest BCUT2D eigenvalue weighted by atomic mass is 32.2. The van der Waals surface area contributed by atoms with Crippen LogP contribution in [0.15, 0.2) is 41.3 Å². The fourth-order valence-corrected chi connectivity index (χ4v) is 3.24. The second-order valence-electron chi connectivity index (χ2n) is 5.25. The predicted molar refractivity (Wildman–Crippen MR) is 81.9 cm³/mol. The average Bonchev–Trinajstić information content (AvgIpc) is 2.86. The molecule has 1 aliphatic rings. The molecule has 0 aromatic heterocycles. The summed E-state index contributed by atoms with van der Waals surface area (Å²) in [6, 6.07) is 6.53. The Balaban J connectivity index is 2.22. The van der Waals surface area contributed by atoms with E-state index in [1.54, 1.807) is 0 Å². The quantitative estimate of drug-likeness (QED) is 0.841. The van der Waals surface area contributed by atoms with E-state index >= 15 is 0 Å². The fraction of sp³-hybridized carbons (Fsp3) is 0.0625. The number of carbonyl (C=O) groups is 1. The van der Waals surface area contributed by atoms with Crippen molar-refractivity contribution in [2.75, 3.05) is 6.61 Å². The van der Waals surface area contributed by atoms with E-state index in [4.69, 9.17) is 9.88 Å². The molecule has 5 nitrogen and oxygen atoms in total. The van der Waals surface area contributed by atoms with Gasteiger partial charge < -0.3 is 4.74 Å². The number of carbonyl (C=O) groups excluding carboxylic acids is 1. The monoisotopic (exact) mass is 369 g/mol. The van der Waals surface area contributed by atoms with E-state index in [1.165, 1.54) is 18.2 Å². The summed E-state index contributed by atoms with van der Waals surface area (Å²) in [6.45, 7) is -0.293. The number of benzene rings is 2. The normalized spacial score (nSPS) is 14.8. The van der Waals surface area contributed by atoms with Crippen LogP contribution in [0, 0.1) is 17.5 Å². The van der Waals surface area contributed by atoms with Crippen molar-refractivity contribution in [3.63, 3.8) is 0 Å². The maximum absolute atomic E-state index is 14.0. The first kappa shape index (κ1) is 17.2. The highest BCUT2D eigenvalue weighted by molar-refractivity contribution is 7.89. The summed E-state index contributed by atoms with van der Waals surface area (Å²) in [6.07, 6.45) is 0. The Morgan fingerprint density at radius 3 is 2.20 bits per heavy atom. The van der Waals surface area contributed by atoms with Crippen LogP contribution < -0.4 is 5.14 Å². The lowest BCUT2D eigenvalue weighted by Gasteiger charge is -2.08. The molecule has 1 aliphatic heterocycles. The number of esters is 1. The van der Waals surface area contributed by atoms with Gasteiger partial charge in [0.1, 0.15) is 24.1 Å². The van der Waals surface area contributed by atoms with Crippen LogP contribution in [0.25, 0.3) is 11.1 Å². The Kier molecular flexibility index (Phi) is 4.13. The topological polar surface area (TPSA) is 86.5 Å². The van der Waals surface area contributed by atoms with Gasteiger partial charge in [0.05, 0.1) is 5.57 Å². The van der Waals surface area contributed by atoms with Crippen molar-refractivity contribution >= 4 is 27.1 Å². The zero-order valence-corrected chi connectivity index (χ0v) is 13.2. The standard InChI is InChI=1S/C16H10F3NO4S/c17-10-3-1-2-8(4-10)14-11(7-24-16(14)21)9-5-12(18)15(13(19)6-9)25(20,22)23/h1-6H,7H2,(H2,20,22,23). The lowest BCUT2D eigenvalue weighted by atomic mass is 9.96. The fourth-order valence-electron chi connectivity index (χ4n) is 2.57. The van der Waals surface area contributed by atoms with Gasteiger partial charge in [-0.25, -0.2) is 31.5 Å². The van der Waals surface area contributed by atoms with Crippen LogP contribution in [0.4, 0.5) is 13.2 Å². The summed E-state index contributed by atoms with van der Waals surface area (Å²) < 4.78 is 68.9. The number of hydrogen-bond acceptors (Lipinski definition) is 4. The zero-order valence-electron chi connectivity index (χ0n) is 12.4. The molecule has 2 N–H and O–H groups in total. The van der Waals surface area contributed by atoms with Gasteiger partial charge in [-0.1, -0.05) is 12.1 Å². The number of hydrogen-bond donors (Lipinski definition) is 1. The molecule has 0 saturated heterocycles. The Hall–Kier alpha value is -2.65. The second kappa shape index (κ2) is 6.01. The van der Waals surface area contributed by atoms with Crippen LogP contribution in [-0.2, 0) is 19.6 Å². The first-order valence-corrected chi connectivity index (χ1v) is 8.41. The number of nitrogens with two attached hydrogens (primary N) is 1. The molecule has 2 aromatic carbocycles. The lowest BCUT2D eigenvalue weighted by Crippen LogP contribution is -2.16. The first-order valence-electron chi connectivity index (χ1n) is 6.87. The smallest absolute Gasteiger partial charge is 0.339 e. The van der Waals surface area contributed by atoms with Crippen molar-refractivity contribution in [1.82, 2.24) is 0 Å². The summed E-state index contributed by atoms with van der Waals surface area (Å²) in [5.41, 5.74) is 0.123. The van der Waals surface area contributed by atoms with Crippen LogP contribution in [0.3, 0.4) is 0 Å². The molecule has 0 aliphatic carbocycles. The number of sulfonamides is 1. The summed E-state index contributed by atoms with van der Waals surface area (Å²) >= 11 is 0. The van der Waals surface area contributed by atoms with E-state index in [1.807, 2.05) is 0 Å². The van der Waals surface area contributed by atoms with Crippen LogP contribution in [0.2, 0.25) is 0 Å². The molecule has 0 spiro atoms. The minimum absolute atomic E-state index is 0.0540. The third-order valence-corrected chi connectivity index (χ3v) is 4.56. The number of halogens is 3. The molecular formula is C16H10F3NO4S. The Labute approximate surface area is 140 Å². The minimum Gasteiger partial charge on any atom is -0.457 e. The Bertz CT molecular complexity index is 1010. The Morgan fingerprint density at radius 1 is 1.00 bits per heavy atom. The van der Waals surface area contributed by atoms with E-state index in [-0.39, 0.29) is 28.9 Å². The molecule has 0 unspecified atom stereocenters. The number of cyclic esters (lactones) is 1. The van der Waals surface area contributed by atoms with Crippen molar-refractivity contribution in [2.45, 2.75) is 4.90 Å². The van der Waals surface area contributed by atoms with Crippen molar-refractivity contribution < 1.29 is 31.1 Å². The van der Waals surface area contributed by atoms with Crippen molar-refractivity contribution in [3.05, 3.63) is 65.0 Å². The average molecular weight is 369 g/mol. The SMILES string of the molecule is NS(=O)(=O)c1c(F)cc(C2=C(c3cccc(F)c3)C(=O)OC2)cc1F. The predicted octanol–water partition coefficient (Wildman–Crippen LogP) is 2.22. The van der Waals surface area contributed by atoms with E-state index in [0.29, 0.717) is 0 Å². The molecule has 2 aromatic rings. The van der Waals surface area contributed by atoms with Gasteiger partial charge in [0.15, 0.2) is 4.90 Å². The molecule has 9 heteroatoms. The number of primary sulfonamides is 1. The maximum Gasteiger partial charge on any atom is 0.339 e. The van der Waals surface area contributed by atoms with E-state index in [0.717, 1.165) is 18.2 Å². The molecule has 0 bridgehead atoms. The van der Waals surface area contributed by atoms with Crippen LogP contribution in [-0.4, -0.2) is 21.0 Å². The van der Waals surface area contributed by atoms with Gasteiger partial charge in [-0.15, -0.1) is 0 Å². The van der Waals surface area contributed by atoms with Gasteiger partial charge in [-0.2, -0.15) is 0 Å². The zero-order chi connectivity index (χ0) is 18.4. The van der Waals surface area contributed by atoms with Gasteiger partial charge in [0.2, 0.25) is 10.0 Å². The lowest BCUT2D eigenvalue weighted by molar-refractivity contribution is -0.133. The highest BCUT2D eigenvalue weighted by Gasteiger charge is 2.30. The number of ether oxygens (including phenoxy) is 1. The van der Waals surface area contributed by atoms with Gasteiger partial charge in [0.25, 0.3) is 0 Å². The van der Waals surface area contributed by atoms with Gasteiger partial charge >= 0.3 is 5.97 Å². The number of rotatable bonds is 3. The third kappa shape index (κ3) is 3.15. The molecule has 0 amide bonds. The van der Waals surface area contributed by atoms with Crippen LogP contribution in [0.5, 0.6) is 0 Å². The van der Waals surface area contributed by atoms with Crippen molar-refractivity contribution in [2.24, 2.45) is 5.14 Å². The minimum atomic E-state index is -4.60. The summed E-state index contributed by atoms with van der Waals surface area (Å²) in [5.74, 6) is -4.19. The highest BCUT2D eigenvalue weighted by Crippen LogP contribution is 2.34. The summed E-state index contributed by atoms with van der Waals surface area (Å²) in [7, 11) is -4.60.